The summed E-state index contributed by atoms with van der Waals surface area (Å²) in [5.41, 5.74) is 0. The molecular weight excluding hydrogens is 328 g/mol. The second-order valence-electron chi connectivity index (χ2n) is 7.37. The average molecular weight is 354 g/mol. The molecule has 1 saturated carbocycles. The molecule has 2 heterocycles. The second-order valence-corrected chi connectivity index (χ2v) is 7.37. The fraction of sp³-hybridized carbons (Fsp3) is 0.550. The molecule has 0 spiro atoms. The van der Waals surface area contributed by atoms with Crippen LogP contribution in [0.1, 0.15) is 37.9 Å². The first-order valence-electron chi connectivity index (χ1n) is 9.63. The first-order chi connectivity index (χ1) is 12.8. The predicted molar refractivity (Wildman–Crippen MR) is 97.7 cm³/mol. The summed E-state index contributed by atoms with van der Waals surface area (Å²) in [5, 5.41) is 8.37. The normalized spacial score (nSPS) is 19.7. The number of amides is 1. The lowest BCUT2D eigenvalue weighted by atomic mass is 10.1. The fourth-order valence-electron chi connectivity index (χ4n) is 3.71. The molecule has 2 aliphatic rings. The Morgan fingerprint density at radius 1 is 1.19 bits per heavy atom. The monoisotopic (exact) mass is 354 g/mol. The Kier molecular flexibility index (Phi) is 5.18. The molecule has 0 radical (unpaired) electrons. The van der Waals surface area contributed by atoms with Gasteiger partial charge in [-0.05, 0) is 50.2 Å². The molecule has 26 heavy (non-hydrogen) atoms. The van der Waals surface area contributed by atoms with Crippen molar-refractivity contribution >= 4 is 5.91 Å². The quantitative estimate of drug-likeness (QED) is 0.731. The number of carbonyl (C=O) groups is 1. The van der Waals surface area contributed by atoms with Crippen molar-refractivity contribution in [1.82, 2.24) is 19.7 Å². The topological polar surface area (TPSA) is 60.2 Å². The zero-order valence-electron chi connectivity index (χ0n) is 15.1. The van der Waals surface area contributed by atoms with Gasteiger partial charge in [-0.15, -0.1) is 10.2 Å². The summed E-state index contributed by atoms with van der Waals surface area (Å²) in [6, 6.07) is 9.80. The first-order valence-corrected chi connectivity index (χ1v) is 9.63. The molecule has 1 aromatic carbocycles. The van der Waals surface area contributed by atoms with E-state index in [4.69, 9.17) is 4.74 Å². The predicted octanol–water partition coefficient (Wildman–Crippen LogP) is 2.69. The van der Waals surface area contributed by atoms with E-state index in [1.807, 2.05) is 41.6 Å². The number of carbonyl (C=O) groups excluding carboxylic acids is 1. The molecule has 1 saturated heterocycles. The van der Waals surface area contributed by atoms with Crippen molar-refractivity contribution < 1.29 is 9.53 Å². The maximum absolute atomic E-state index is 12.6. The molecule has 1 aliphatic heterocycles. The Bertz CT molecular complexity index is 726. The van der Waals surface area contributed by atoms with Gasteiger partial charge in [0.1, 0.15) is 17.9 Å². The number of likely N-dealkylation sites (tertiary alicyclic amines) is 1. The van der Waals surface area contributed by atoms with Crippen molar-refractivity contribution in [1.29, 1.82) is 0 Å². The van der Waals surface area contributed by atoms with Crippen LogP contribution in [0.2, 0.25) is 0 Å². The number of ether oxygens (including phenoxy) is 1. The van der Waals surface area contributed by atoms with Crippen LogP contribution in [0, 0.1) is 5.92 Å². The van der Waals surface area contributed by atoms with Gasteiger partial charge in [-0.3, -0.25) is 4.79 Å². The van der Waals surface area contributed by atoms with Crippen LogP contribution in [-0.4, -0.2) is 44.8 Å². The van der Waals surface area contributed by atoms with Crippen LogP contribution in [0.4, 0.5) is 0 Å². The Balaban J connectivity index is 1.29. The van der Waals surface area contributed by atoms with Crippen molar-refractivity contribution in [3.8, 4) is 5.75 Å². The zero-order chi connectivity index (χ0) is 17.8. The van der Waals surface area contributed by atoms with Crippen LogP contribution < -0.4 is 4.74 Å². The van der Waals surface area contributed by atoms with Gasteiger partial charge in [0.25, 0.3) is 5.91 Å². The van der Waals surface area contributed by atoms with Crippen molar-refractivity contribution in [2.75, 3.05) is 13.2 Å². The minimum absolute atomic E-state index is 0.0794. The molecule has 0 bridgehead atoms. The molecule has 1 aromatic heterocycles. The number of hydrogen-bond acceptors (Lipinski definition) is 4. The molecule has 6 nitrogen and oxygen atoms in total. The Morgan fingerprint density at radius 2 is 2.04 bits per heavy atom. The van der Waals surface area contributed by atoms with Crippen molar-refractivity contribution in [3.63, 3.8) is 0 Å². The lowest BCUT2D eigenvalue weighted by molar-refractivity contribution is -0.134. The highest BCUT2D eigenvalue weighted by molar-refractivity contribution is 5.78. The summed E-state index contributed by atoms with van der Waals surface area (Å²) in [7, 11) is 0. The van der Waals surface area contributed by atoms with Crippen LogP contribution in [0.15, 0.2) is 36.7 Å². The summed E-state index contributed by atoms with van der Waals surface area (Å²) >= 11 is 0. The van der Waals surface area contributed by atoms with E-state index in [1.165, 1.54) is 12.8 Å². The fourth-order valence-corrected chi connectivity index (χ4v) is 3.71. The highest BCUT2D eigenvalue weighted by Crippen LogP contribution is 2.31. The van der Waals surface area contributed by atoms with Crippen molar-refractivity contribution in [2.24, 2.45) is 5.92 Å². The number of benzene rings is 1. The number of rotatable bonds is 8. The molecular formula is C20H26N4O2. The molecule has 1 aliphatic carbocycles. The number of nitrogens with zero attached hydrogens (tertiary/aromatic N) is 4. The maximum Gasteiger partial charge on any atom is 0.260 e. The SMILES string of the molecule is O=C(COc1ccccc1)N1CCCC1CCc1nncn1CC1CC1. The van der Waals surface area contributed by atoms with E-state index in [2.05, 4.69) is 14.8 Å². The van der Waals surface area contributed by atoms with Crippen LogP contribution in [0.25, 0.3) is 0 Å². The molecule has 4 rings (SSSR count). The molecule has 1 amide bonds. The summed E-state index contributed by atoms with van der Waals surface area (Å²) in [6.07, 6.45) is 8.44. The lowest BCUT2D eigenvalue weighted by Crippen LogP contribution is -2.39. The van der Waals surface area contributed by atoms with Crippen LogP contribution in [-0.2, 0) is 17.8 Å². The molecule has 1 unspecified atom stereocenters. The van der Waals surface area contributed by atoms with E-state index in [-0.39, 0.29) is 18.6 Å². The Hall–Kier alpha value is -2.37. The van der Waals surface area contributed by atoms with Gasteiger partial charge in [0.2, 0.25) is 0 Å². The third kappa shape index (κ3) is 4.23. The van der Waals surface area contributed by atoms with E-state index in [1.54, 1.807) is 0 Å². The summed E-state index contributed by atoms with van der Waals surface area (Å²) < 4.78 is 7.82. The smallest absolute Gasteiger partial charge is 0.260 e. The molecule has 2 fully saturated rings. The molecule has 138 valence electrons. The number of aromatic nitrogens is 3. The molecule has 6 heteroatoms. The first kappa shape index (κ1) is 17.1. The molecule has 1 atom stereocenters. The maximum atomic E-state index is 12.6. The van der Waals surface area contributed by atoms with Gasteiger partial charge in [-0.2, -0.15) is 0 Å². The second kappa shape index (κ2) is 7.89. The van der Waals surface area contributed by atoms with Gasteiger partial charge in [0.15, 0.2) is 6.61 Å². The number of para-hydroxylation sites is 1. The lowest BCUT2D eigenvalue weighted by Gasteiger charge is -2.24. The summed E-state index contributed by atoms with van der Waals surface area (Å²) in [5.74, 6) is 2.68. The van der Waals surface area contributed by atoms with Crippen LogP contribution >= 0.6 is 0 Å². The van der Waals surface area contributed by atoms with E-state index in [0.717, 1.165) is 56.3 Å². The van der Waals surface area contributed by atoms with Gasteiger partial charge >= 0.3 is 0 Å². The van der Waals surface area contributed by atoms with Gasteiger partial charge in [-0.1, -0.05) is 18.2 Å². The van der Waals surface area contributed by atoms with E-state index in [0.29, 0.717) is 0 Å². The van der Waals surface area contributed by atoms with E-state index in [9.17, 15) is 4.79 Å². The van der Waals surface area contributed by atoms with Gasteiger partial charge < -0.3 is 14.2 Å². The van der Waals surface area contributed by atoms with Gasteiger partial charge in [-0.25, -0.2) is 0 Å². The standard InChI is InChI=1S/C20H26N4O2/c25-20(14-26-18-6-2-1-3-7-18)24-12-4-5-17(24)10-11-19-22-21-15-23(19)13-16-8-9-16/h1-3,6-7,15-17H,4-5,8-14H2. The highest BCUT2D eigenvalue weighted by atomic mass is 16.5. The van der Waals surface area contributed by atoms with Crippen LogP contribution in [0.3, 0.4) is 0 Å². The van der Waals surface area contributed by atoms with Crippen molar-refractivity contribution in [2.45, 2.75) is 51.1 Å². The molecule has 2 aromatic rings. The van der Waals surface area contributed by atoms with Gasteiger partial charge in [0, 0.05) is 25.6 Å². The average Bonchev–Trinajstić information content (AvgIpc) is 3.17. The van der Waals surface area contributed by atoms with Crippen molar-refractivity contribution in [3.05, 3.63) is 42.5 Å². The number of aryl methyl sites for hydroxylation is 1. The van der Waals surface area contributed by atoms with Crippen LogP contribution in [0.5, 0.6) is 5.75 Å². The number of hydrogen-bond donors (Lipinski definition) is 0. The zero-order valence-corrected chi connectivity index (χ0v) is 15.1. The largest absolute Gasteiger partial charge is 0.484 e. The highest BCUT2D eigenvalue weighted by Gasteiger charge is 2.29. The summed E-state index contributed by atoms with van der Waals surface area (Å²) in [6.45, 7) is 1.98. The van der Waals surface area contributed by atoms with Gasteiger partial charge in [0.05, 0.1) is 0 Å². The van der Waals surface area contributed by atoms with E-state index < -0.39 is 0 Å². The minimum Gasteiger partial charge on any atom is -0.484 e. The molecule has 0 N–H and O–H groups in total. The third-order valence-electron chi connectivity index (χ3n) is 5.35. The minimum atomic E-state index is 0.0794. The summed E-state index contributed by atoms with van der Waals surface area (Å²) in [4.78, 5) is 14.6. The van der Waals surface area contributed by atoms with E-state index >= 15 is 0 Å². The Labute approximate surface area is 154 Å². The Morgan fingerprint density at radius 3 is 2.85 bits per heavy atom. The third-order valence-corrected chi connectivity index (χ3v) is 5.35.